The first-order valence-electron chi connectivity index (χ1n) is 5.67. The van der Waals surface area contributed by atoms with E-state index in [0.29, 0.717) is 18.7 Å². The molecule has 1 aliphatic rings. The number of aliphatic hydroxyl groups is 1. The third-order valence-electron chi connectivity index (χ3n) is 3.20. The molecule has 0 saturated carbocycles. The van der Waals surface area contributed by atoms with E-state index < -0.39 is 6.10 Å². The molecule has 2 atom stereocenters. The Morgan fingerprint density at radius 2 is 2.41 bits per heavy atom. The number of aromatic nitrogens is 1. The molecule has 1 amide bonds. The average molecular weight is 255 g/mol. The van der Waals surface area contributed by atoms with E-state index >= 15 is 0 Å². The molecule has 1 saturated heterocycles. The van der Waals surface area contributed by atoms with Gasteiger partial charge in [-0.1, -0.05) is 18.5 Å². The first kappa shape index (κ1) is 12.3. The highest BCUT2D eigenvalue weighted by Crippen LogP contribution is 2.21. The zero-order chi connectivity index (χ0) is 12.4. The Hall–Kier alpha value is -1.13. The number of rotatable bonds is 1. The SMILES string of the molecule is CC1CCN(C(=O)c2cccnc2Cl)CC1O. The lowest BCUT2D eigenvalue weighted by atomic mass is 9.95. The van der Waals surface area contributed by atoms with Gasteiger partial charge in [-0.05, 0) is 24.5 Å². The zero-order valence-electron chi connectivity index (χ0n) is 9.64. The van der Waals surface area contributed by atoms with Crippen molar-refractivity contribution in [2.75, 3.05) is 13.1 Å². The molecule has 17 heavy (non-hydrogen) atoms. The van der Waals surface area contributed by atoms with Crippen LogP contribution in [-0.4, -0.2) is 40.1 Å². The molecule has 1 aromatic heterocycles. The first-order chi connectivity index (χ1) is 8.09. The van der Waals surface area contributed by atoms with Crippen molar-refractivity contribution in [3.63, 3.8) is 0 Å². The molecular formula is C12H15ClN2O2. The number of carbonyl (C=O) groups excluding carboxylic acids is 1. The highest BCUT2D eigenvalue weighted by atomic mass is 35.5. The number of pyridine rings is 1. The molecule has 2 unspecified atom stereocenters. The summed E-state index contributed by atoms with van der Waals surface area (Å²) in [5.41, 5.74) is 0.399. The van der Waals surface area contributed by atoms with Gasteiger partial charge in [0, 0.05) is 19.3 Å². The second-order valence-corrected chi connectivity index (χ2v) is 4.78. The zero-order valence-corrected chi connectivity index (χ0v) is 10.4. The topological polar surface area (TPSA) is 53.4 Å². The number of aliphatic hydroxyl groups excluding tert-OH is 1. The van der Waals surface area contributed by atoms with E-state index in [2.05, 4.69) is 4.98 Å². The normalized spacial score (nSPS) is 24.8. The Bertz CT molecular complexity index is 425. The van der Waals surface area contributed by atoms with Crippen LogP contribution in [0.2, 0.25) is 5.15 Å². The standard InChI is InChI=1S/C12H15ClN2O2/c1-8-4-6-15(7-10(8)16)12(17)9-3-2-5-14-11(9)13/h2-3,5,8,10,16H,4,6-7H2,1H3. The molecule has 0 aromatic carbocycles. The maximum Gasteiger partial charge on any atom is 0.257 e. The minimum absolute atomic E-state index is 0.158. The van der Waals surface area contributed by atoms with Crippen LogP contribution in [0.5, 0.6) is 0 Å². The number of amides is 1. The number of piperidine rings is 1. The molecule has 1 aromatic rings. The molecule has 1 aliphatic heterocycles. The van der Waals surface area contributed by atoms with Crippen LogP contribution in [0.4, 0.5) is 0 Å². The minimum atomic E-state index is -0.455. The molecule has 0 bridgehead atoms. The first-order valence-corrected chi connectivity index (χ1v) is 6.05. The summed E-state index contributed by atoms with van der Waals surface area (Å²) in [5, 5.41) is 9.98. The summed E-state index contributed by atoms with van der Waals surface area (Å²) in [4.78, 5) is 17.7. The van der Waals surface area contributed by atoms with E-state index in [4.69, 9.17) is 11.6 Å². The molecule has 2 rings (SSSR count). The number of halogens is 1. The van der Waals surface area contributed by atoms with Gasteiger partial charge >= 0.3 is 0 Å². The van der Waals surface area contributed by atoms with Crippen molar-refractivity contribution in [1.82, 2.24) is 9.88 Å². The summed E-state index contributed by atoms with van der Waals surface area (Å²) in [6, 6.07) is 3.34. The second-order valence-electron chi connectivity index (χ2n) is 4.43. The third kappa shape index (κ3) is 2.58. The fourth-order valence-electron chi connectivity index (χ4n) is 1.95. The molecule has 4 nitrogen and oxygen atoms in total. The Kier molecular flexibility index (Phi) is 3.64. The Labute approximate surface area is 105 Å². The molecule has 92 valence electrons. The van der Waals surface area contributed by atoms with Gasteiger partial charge in [0.05, 0.1) is 11.7 Å². The monoisotopic (exact) mass is 254 g/mol. The van der Waals surface area contributed by atoms with Crippen LogP contribution in [0.25, 0.3) is 0 Å². The van der Waals surface area contributed by atoms with Crippen LogP contribution in [0.15, 0.2) is 18.3 Å². The van der Waals surface area contributed by atoms with Crippen molar-refractivity contribution in [1.29, 1.82) is 0 Å². The summed E-state index contributed by atoms with van der Waals surface area (Å²) in [5.74, 6) is 0.0810. The molecule has 2 heterocycles. The molecular weight excluding hydrogens is 240 g/mol. The largest absolute Gasteiger partial charge is 0.391 e. The van der Waals surface area contributed by atoms with Gasteiger partial charge in [0.25, 0.3) is 5.91 Å². The fraction of sp³-hybridized carbons (Fsp3) is 0.500. The van der Waals surface area contributed by atoms with E-state index in [0.717, 1.165) is 6.42 Å². The number of carbonyl (C=O) groups is 1. The van der Waals surface area contributed by atoms with Gasteiger partial charge in [-0.2, -0.15) is 0 Å². The van der Waals surface area contributed by atoms with Gasteiger partial charge in [0.2, 0.25) is 0 Å². The minimum Gasteiger partial charge on any atom is -0.391 e. The lowest BCUT2D eigenvalue weighted by Gasteiger charge is -2.34. The van der Waals surface area contributed by atoms with E-state index in [1.54, 1.807) is 23.2 Å². The number of likely N-dealkylation sites (tertiary alicyclic amines) is 1. The van der Waals surface area contributed by atoms with Gasteiger partial charge in [0.15, 0.2) is 0 Å². The van der Waals surface area contributed by atoms with Gasteiger partial charge < -0.3 is 10.0 Å². The van der Waals surface area contributed by atoms with Crippen molar-refractivity contribution >= 4 is 17.5 Å². The maximum atomic E-state index is 12.2. The number of nitrogens with zero attached hydrogens (tertiary/aromatic N) is 2. The lowest BCUT2D eigenvalue weighted by molar-refractivity contribution is 0.0248. The van der Waals surface area contributed by atoms with Gasteiger partial charge in [-0.25, -0.2) is 4.98 Å². The van der Waals surface area contributed by atoms with E-state index in [1.807, 2.05) is 6.92 Å². The average Bonchev–Trinajstić information content (AvgIpc) is 2.32. The molecule has 5 heteroatoms. The van der Waals surface area contributed by atoms with Crippen molar-refractivity contribution in [2.45, 2.75) is 19.4 Å². The highest BCUT2D eigenvalue weighted by molar-refractivity contribution is 6.32. The fourth-order valence-corrected chi connectivity index (χ4v) is 2.15. The Morgan fingerprint density at radius 3 is 3.06 bits per heavy atom. The number of hydrogen-bond donors (Lipinski definition) is 1. The van der Waals surface area contributed by atoms with Crippen LogP contribution >= 0.6 is 11.6 Å². The van der Waals surface area contributed by atoms with Crippen molar-refractivity contribution in [3.8, 4) is 0 Å². The summed E-state index contributed by atoms with van der Waals surface area (Å²) in [6.07, 6.45) is 1.90. The molecule has 0 radical (unpaired) electrons. The van der Waals surface area contributed by atoms with Crippen LogP contribution in [-0.2, 0) is 0 Å². The summed E-state index contributed by atoms with van der Waals surface area (Å²) < 4.78 is 0. The maximum absolute atomic E-state index is 12.2. The molecule has 0 aliphatic carbocycles. The van der Waals surface area contributed by atoms with Gasteiger partial charge in [0.1, 0.15) is 5.15 Å². The smallest absolute Gasteiger partial charge is 0.257 e. The van der Waals surface area contributed by atoms with E-state index in [9.17, 15) is 9.90 Å². The van der Waals surface area contributed by atoms with Crippen molar-refractivity contribution in [2.24, 2.45) is 5.92 Å². The van der Waals surface area contributed by atoms with Crippen LogP contribution in [0.1, 0.15) is 23.7 Å². The lowest BCUT2D eigenvalue weighted by Crippen LogP contribution is -2.45. The molecule has 0 spiro atoms. The van der Waals surface area contributed by atoms with Crippen LogP contribution in [0.3, 0.4) is 0 Å². The van der Waals surface area contributed by atoms with Crippen LogP contribution < -0.4 is 0 Å². The summed E-state index contributed by atoms with van der Waals surface area (Å²) in [6.45, 7) is 3.01. The second kappa shape index (κ2) is 5.02. The molecule has 1 N–H and O–H groups in total. The molecule has 1 fully saturated rings. The Balaban J connectivity index is 2.14. The summed E-state index contributed by atoms with van der Waals surface area (Å²) in [7, 11) is 0. The number of β-amino-alcohol motifs (C(OH)–C–C–N with tert-alkyl or cyclic N) is 1. The number of hydrogen-bond acceptors (Lipinski definition) is 3. The predicted octanol–water partition coefficient (Wildman–Crippen LogP) is 1.58. The van der Waals surface area contributed by atoms with Crippen molar-refractivity contribution < 1.29 is 9.90 Å². The van der Waals surface area contributed by atoms with Crippen molar-refractivity contribution in [3.05, 3.63) is 29.0 Å². The quantitative estimate of drug-likeness (QED) is 0.774. The third-order valence-corrected chi connectivity index (χ3v) is 3.50. The van der Waals surface area contributed by atoms with Crippen LogP contribution in [0, 0.1) is 5.92 Å². The summed E-state index contributed by atoms with van der Waals surface area (Å²) >= 11 is 5.88. The highest BCUT2D eigenvalue weighted by Gasteiger charge is 2.28. The van der Waals surface area contributed by atoms with Gasteiger partial charge in [-0.3, -0.25) is 4.79 Å². The van der Waals surface area contributed by atoms with Gasteiger partial charge in [-0.15, -0.1) is 0 Å². The predicted molar refractivity (Wildman–Crippen MR) is 64.9 cm³/mol. The Morgan fingerprint density at radius 1 is 1.65 bits per heavy atom. The van der Waals surface area contributed by atoms with E-state index in [1.165, 1.54) is 0 Å². The van der Waals surface area contributed by atoms with E-state index in [-0.39, 0.29) is 17.0 Å².